The summed E-state index contributed by atoms with van der Waals surface area (Å²) >= 11 is 0. The zero-order valence-corrected chi connectivity index (χ0v) is 21.9. The molecule has 1 aliphatic rings. The Hall–Kier alpha value is -3.62. The van der Waals surface area contributed by atoms with Crippen molar-refractivity contribution in [2.45, 2.75) is 42.8 Å². The summed E-state index contributed by atoms with van der Waals surface area (Å²) in [6.45, 7) is 3.14. The monoisotopic (exact) mass is 567 g/mol. The number of hydrogen-bond donors (Lipinski definition) is 1. The zero-order valence-electron chi connectivity index (χ0n) is 20.2. The molecule has 1 N–H and O–H groups in total. The smallest absolute Gasteiger partial charge is 0.342 e. The van der Waals surface area contributed by atoms with Gasteiger partial charge in [0.2, 0.25) is 21.2 Å². The van der Waals surface area contributed by atoms with Gasteiger partial charge in [0.25, 0.3) is 5.91 Å². The molecule has 1 aliphatic heterocycles. The molecular formula is C24H23F2N3O7S2. The van der Waals surface area contributed by atoms with Crippen molar-refractivity contribution in [3.63, 3.8) is 0 Å². The van der Waals surface area contributed by atoms with Gasteiger partial charge in [-0.2, -0.15) is 8.42 Å². The van der Waals surface area contributed by atoms with Crippen LogP contribution in [0.1, 0.15) is 30.0 Å². The third kappa shape index (κ3) is 5.19. The van der Waals surface area contributed by atoms with Gasteiger partial charge >= 0.3 is 10.1 Å². The first-order chi connectivity index (χ1) is 17.8. The summed E-state index contributed by atoms with van der Waals surface area (Å²) in [4.78, 5) is 26.4. The molecule has 2 aromatic carbocycles. The van der Waals surface area contributed by atoms with E-state index in [9.17, 15) is 35.2 Å². The largest absolute Gasteiger partial charge is 0.372 e. The summed E-state index contributed by atoms with van der Waals surface area (Å²) in [7, 11) is -9.21. The molecular weight excluding hydrogens is 544 g/mol. The van der Waals surface area contributed by atoms with Gasteiger partial charge < -0.3 is 13.7 Å². The maximum Gasteiger partial charge on any atom is 0.342 e. The number of carbonyl (C=O) groups is 1. The van der Waals surface area contributed by atoms with Gasteiger partial charge in [0.1, 0.15) is 21.4 Å². The number of benzene rings is 2. The maximum absolute atomic E-state index is 14.2. The topological polar surface area (TPSA) is 132 Å². The molecule has 2 heterocycles. The molecule has 0 fully saturated rings. The number of nitrogens with zero attached hydrogens (tertiary/aromatic N) is 2. The lowest BCUT2D eigenvalue weighted by atomic mass is 10.1. The molecule has 0 aliphatic carbocycles. The lowest BCUT2D eigenvalue weighted by molar-refractivity contribution is 0.0641. The van der Waals surface area contributed by atoms with Crippen molar-refractivity contribution < 1.29 is 34.6 Å². The van der Waals surface area contributed by atoms with E-state index in [0.717, 1.165) is 30.3 Å². The van der Waals surface area contributed by atoms with Crippen LogP contribution >= 0.6 is 0 Å². The molecule has 1 aromatic heterocycles. The number of nitrogens with one attached hydrogen (secondary N) is 1. The lowest BCUT2D eigenvalue weighted by Gasteiger charge is -2.34. The van der Waals surface area contributed by atoms with E-state index < -0.39 is 70.9 Å². The van der Waals surface area contributed by atoms with Crippen LogP contribution in [0.4, 0.5) is 8.78 Å². The van der Waals surface area contributed by atoms with Crippen LogP contribution in [0, 0.1) is 11.6 Å². The van der Waals surface area contributed by atoms with Crippen molar-refractivity contribution in [1.29, 1.82) is 0 Å². The molecule has 4 rings (SSSR count). The number of fused-ring (bicyclic) bond motifs is 1. The number of carbonyl (C=O) groups excluding carboxylic acids is 1. The second-order valence-corrected chi connectivity index (χ2v) is 11.9. The van der Waals surface area contributed by atoms with Crippen LogP contribution in [0.25, 0.3) is 0 Å². The number of amides is 1. The van der Waals surface area contributed by atoms with Crippen molar-refractivity contribution in [2.24, 2.45) is 0 Å². The second kappa shape index (κ2) is 10.3. The summed E-state index contributed by atoms with van der Waals surface area (Å²) in [6, 6.07) is 9.66. The Morgan fingerprint density at radius 2 is 1.50 bits per heavy atom. The standard InChI is InChI=1S/C24H23F2N3O7S2/c1-15(2)28-11-12-29-16(14-27-37(32,33)20-9-5-3-7-17(20)25)13-19(30)23(22(29)24(28)31)36-38(34,35)21-10-6-4-8-18(21)26/h3-10,13,15,27H,11-12,14H2,1-2H3. The quantitative estimate of drug-likeness (QED) is 0.413. The molecule has 202 valence electrons. The van der Waals surface area contributed by atoms with Gasteiger partial charge in [-0.15, -0.1) is 0 Å². The van der Waals surface area contributed by atoms with Crippen LogP contribution in [0.3, 0.4) is 0 Å². The predicted octanol–water partition coefficient (Wildman–Crippen LogP) is 2.24. The fraction of sp³-hybridized carbons (Fsp3) is 0.250. The van der Waals surface area contributed by atoms with Crippen LogP contribution in [0.15, 0.2) is 69.2 Å². The van der Waals surface area contributed by atoms with Crippen molar-refractivity contribution in [2.75, 3.05) is 6.54 Å². The molecule has 10 nitrogen and oxygen atoms in total. The summed E-state index contributed by atoms with van der Waals surface area (Å²) < 4.78 is 87.8. The molecule has 0 saturated heterocycles. The minimum atomic E-state index is -4.86. The summed E-state index contributed by atoms with van der Waals surface area (Å²) in [5.41, 5.74) is -1.47. The number of rotatable bonds is 8. The Balaban J connectivity index is 1.79. The van der Waals surface area contributed by atoms with E-state index in [0.29, 0.717) is 0 Å². The van der Waals surface area contributed by atoms with Gasteiger partial charge in [-0.25, -0.2) is 21.9 Å². The minimum Gasteiger partial charge on any atom is -0.372 e. The van der Waals surface area contributed by atoms with E-state index >= 15 is 0 Å². The van der Waals surface area contributed by atoms with Crippen LogP contribution in [0.2, 0.25) is 0 Å². The summed E-state index contributed by atoms with van der Waals surface area (Å²) in [5.74, 6) is -3.68. The first-order valence-corrected chi connectivity index (χ1v) is 14.2. The van der Waals surface area contributed by atoms with Gasteiger partial charge in [-0.05, 0) is 38.1 Å². The number of halogens is 2. The highest BCUT2D eigenvalue weighted by molar-refractivity contribution is 7.89. The molecule has 38 heavy (non-hydrogen) atoms. The average Bonchev–Trinajstić information content (AvgIpc) is 2.84. The Kier molecular flexibility index (Phi) is 7.41. The van der Waals surface area contributed by atoms with Crippen molar-refractivity contribution in [3.8, 4) is 5.75 Å². The van der Waals surface area contributed by atoms with Gasteiger partial charge in [-0.3, -0.25) is 9.59 Å². The van der Waals surface area contributed by atoms with Gasteiger partial charge in [0, 0.05) is 30.9 Å². The number of hydrogen-bond acceptors (Lipinski definition) is 7. The number of aromatic nitrogens is 1. The molecule has 0 radical (unpaired) electrons. The van der Waals surface area contributed by atoms with E-state index in [2.05, 4.69) is 4.72 Å². The second-order valence-electron chi connectivity index (χ2n) is 8.64. The highest BCUT2D eigenvalue weighted by Crippen LogP contribution is 2.27. The van der Waals surface area contributed by atoms with Crippen molar-refractivity contribution in [1.82, 2.24) is 14.2 Å². The van der Waals surface area contributed by atoms with Crippen LogP contribution in [0.5, 0.6) is 5.75 Å². The van der Waals surface area contributed by atoms with E-state index in [4.69, 9.17) is 4.18 Å². The SMILES string of the molecule is CC(C)N1CCn2c(CNS(=O)(=O)c3ccccc3F)cc(=O)c(OS(=O)(=O)c3ccccc3F)c2C1=O. The van der Waals surface area contributed by atoms with E-state index in [-0.39, 0.29) is 24.8 Å². The van der Waals surface area contributed by atoms with E-state index in [1.807, 2.05) is 0 Å². The van der Waals surface area contributed by atoms with Crippen LogP contribution in [-0.2, 0) is 33.2 Å². The van der Waals surface area contributed by atoms with Crippen molar-refractivity contribution in [3.05, 3.63) is 87.8 Å². The van der Waals surface area contributed by atoms with Crippen LogP contribution in [-0.4, -0.2) is 44.8 Å². The summed E-state index contributed by atoms with van der Waals surface area (Å²) in [6.07, 6.45) is 0. The zero-order chi connectivity index (χ0) is 27.8. The van der Waals surface area contributed by atoms with Gasteiger partial charge in [0.05, 0.1) is 6.54 Å². The Bertz CT molecular complexity index is 1690. The summed E-state index contributed by atoms with van der Waals surface area (Å²) in [5, 5.41) is 0. The molecule has 14 heteroatoms. The minimum absolute atomic E-state index is 0.0114. The molecule has 1 amide bonds. The molecule has 0 unspecified atom stereocenters. The van der Waals surface area contributed by atoms with Crippen LogP contribution < -0.4 is 14.3 Å². The highest BCUT2D eigenvalue weighted by Gasteiger charge is 2.35. The van der Waals surface area contributed by atoms with Gasteiger partial charge in [0.15, 0.2) is 5.69 Å². The van der Waals surface area contributed by atoms with Crippen molar-refractivity contribution >= 4 is 26.0 Å². The number of pyridine rings is 1. The molecule has 0 bridgehead atoms. The lowest BCUT2D eigenvalue weighted by Crippen LogP contribution is -2.46. The maximum atomic E-state index is 14.2. The predicted molar refractivity (Wildman–Crippen MR) is 132 cm³/mol. The first kappa shape index (κ1) is 27.4. The van der Waals surface area contributed by atoms with E-state index in [1.165, 1.54) is 33.7 Å². The fourth-order valence-corrected chi connectivity index (χ4v) is 6.12. The number of sulfonamides is 1. The third-order valence-corrected chi connectivity index (χ3v) is 8.56. The molecule has 0 atom stereocenters. The average molecular weight is 568 g/mol. The Labute approximate surface area is 217 Å². The first-order valence-electron chi connectivity index (χ1n) is 11.3. The molecule has 3 aromatic rings. The van der Waals surface area contributed by atoms with Gasteiger partial charge in [-0.1, -0.05) is 24.3 Å². The fourth-order valence-electron chi connectivity index (χ4n) is 4.02. The third-order valence-electron chi connectivity index (χ3n) is 5.87. The Morgan fingerprint density at radius 1 is 0.921 bits per heavy atom. The molecule has 0 spiro atoms. The molecule has 0 saturated carbocycles. The Morgan fingerprint density at radius 3 is 2.08 bits per heavy atom. The highest BCUT2D eigenvalue weighted by atomic mass is 32.2. The normalized spacial score (nSPS) is 14.0. The van der Waals surface area contributed by atoms with E-state index in [1.54, 1.807) is 13.8 Å².